The van der Waals surface area contributed by atoms with Crippen LogP contribution in [0.15, 0.2) is 53.7 Å². The van der Waals surface area contributed by atoms with Crippen molar-refractivity contribution in [1.82, 2.24) is 25.0 Å². The monoisotopic (exact) mass is 421 g/mol. The molecule has 1 aliphatic heterocycles. The van der Waals surface area contributed by atoms with Gasteiger partial charge in [-0.25, -0.2) is 4.98 Å². The minimum Gasteiger partial charge on any atom is -0.339 e. The van der Waals surface area contributed by atoms with Crippen LogP contribution in [-0.2, 0) is 11.3 Å². The van der Waals surface area contributed by atoms with Crippen molar-refractivity contribution in [2.24, 2.45) is 0 Å². The third kappa shape index (κ3) is 5.29. The summed E-state index contributed by atoms with van der Waals surface area (Å²) in [7, 11) is 0. The maximum atomic E-state index is 12.6. The van der Waals surface area contributed by atoms with Gasteiger partial charge in [-0.15, -0.1) is 5.10 Å². The van der Waals surface area contributed by atoms with Gasteiger partial charge in [0.1, 0.15) is 0 Å². The number of carbonyl (C=O) groups excluding carboxylic acids is 1. The molecule has 0 saturated carbocycles. The minimum atomic E-state index is 0.150. The molecular formula is C23H27N5OS. The second kappa shape index (κ2) is 9.45. The number of benzene rings is 2. The standard InChI is InChI=1S/C23H27N5OS/c1-17-6-8-20(9-7-17)22-24-23(26-25-22)30-16-21(29)28-12-10-27(11-13-28)15-19-5-3-4-18(2)14-19/h3-9,14H,10-13,15-16H2,1-2H3,(H,24,25,26). The van der Waals surface area contributed by atoms with Crippen molar-refractivity contribution in [2.75, 3.05) is 31.9 Å². The van der Waals surface area contributed by atoms with Crippen LogP contribution in [-0.4, -0.2) is 62.8 Å². The lowest BCUT2D eigenvalue weighted by Gasteiger charge is -2.34. The molecule has 0 atom stereocenters. The number of thioether (sulfide) groups is 1. The number of H-pyrrole nitrogens is 1. The van der Waals surface area contributed by atoms with E-state index in [-0.39, 0.29) is 5.91 Å². The van der Waals surface area contributed by atoms with E-state index in [1.807, 2.05) is 29.2 Å². The van der Waals surface area contributed by atoms with E-state index in [9.17, 15) is 4.79 Å². The Morgan fingerprint density at radius 2 is 1.80 bits per heavy atom. The van der Waals surface area contributed by atoms with Gasteiger partial charge in [-0.05, 0) is 19.4 Å². The van der Waals surface area contributed by atoms with Gasteiger partial charge in [0.15, 0.2) is 5.82 Å². The molecule has 0 spiro atoms. The van der Waals surface area contributed by atoms with Crippen molar-refractivity contribution in [3.05, 3.63) is 65.2 Å². The van der Waals surface area contributed by atoms with Crippen molar-refractivity contribution >= 4 is 17.7 Å². The zero-order valence-electron chi connectivity index (χ0n) is 17.5. The van der Waals surface area contributed by atoms with Crippen molar-refractivity contribution in [1.29, 1.82) is 0 Å². The molecule has 0 aliphatic carbocycles. The van der Waals surface area contributed by atoms with Crippen LogP contribution in [0.5, 0.6) is 0 Å². The maximum absolute atomic E-state index is 12.6. The maximum Gasteiger partial charge on any atom is 0.233 e. The van der Waals surface area contributed by atoms with E-state index < -0.39 is 0 Å². The molecule has 6 nitrogen and oxygen atoms in total. The number of hydrogen-bond donors (Lipinski definition) is 1. The summed E-state index contributed by atoms with van der Waals surface area (Å²) < 4.78 is 0. The second-order valence-electron chi connectivity index (χ2n) is 7.77. The number of aromatic nitrogens is 3. The van der Waals surface area contributed by atoms with E-state index in [0.717, 1.165) is 44.1 Å². The predicted molar refractivity (Wildman–Crippen MR) is 120 cm³/mol. The first kappa shape index (κ1) is 20.6. The number of aromatic amines is 1. The zero-order valence-corrected chi connectivity index (χ0v) is 18.3. The highest BCUT2D eigenvalue weighted by molar-refractivity contribution is 7.99. The van der Waals surface area contributed by atoms with Crippen LogP contribution in [0.3, 0.4) is 0 Å². The Hall–Kier alpha value is -2.64. The molecule has 7 heteroatoms. The lowest BCUT2D eigenvalue weighted by atomic mass is 10.1. The number of nitrogens with one attached hydrogen (secondary N) is 1. The fourth-order valence-corrected chi connectivity index (χ4v) is 4.29. The van der Waals surface area contributed by atoms with E-state index in [0.29, 0.717) is 10.9 Å². The molecule has 2 aromatic carbocycles. The van der Waals surface area contributed by atoms with E-state index >= 15 is 0 Å². The normalized spacial score (nSPS) is 14.8. The molecule has 1 aromatic heterocycles. The van der Waals surface area contributed by atoms with Gasteiger partial charge in [0.25, 0.3) is 0 Å². The number of nitrogens with zero attached hydrogens (tertiary/aromatic N) is 4. The predicted octanol–water partition coefficient (Wildman–Crippen LogP) is 3.53. The van der Waals surface area contributed by atoms with Gasteiger partial charge in [0.2, 0.25) is 11.1 Å². The van der Waals surface area contributed by atoms with Gasteiger partial charge in [-0.1, -0.05) is 71.4 Å². The third-order valence-electron chi connectivity index (χ3n) is 5.33. The van der Waals surface area contributed by atoms with Gasteiger partial charge in [-0.2, -0.15) is 0 Å². The van der Waals surface area contributed by atoms with E-state index in [1.54, 1.807) is 0 Å². The van der Waals surface area contributed by atoms with Gasteiger partial charge < -0.3 is 4.90 Å². The Balaban J connectivity index is 1.24. The van der Waals surface area contributed by atoms with E-state index in [2.05, 4.69) is 58.2 Å². The number of rotatable bonds is 6. The molecule has 1 aliphatic rings. The molecule has 1 N–H and O–H groups in total. The van der Waals surface area contributed by atoms with Crippen molar-refractivity contribution in [2.45, 2.75) is 25.5 Å². The fraction of sp³-hybridized carbons (Fsp3) is 0.348. The van der Waals surface area contributed by atoms with Gasteiger partial charge >= 0.3 is 0 Å². The van der Waals surface area contributed by atoms with Crippen LogP contribution in [0, 0.1) is 13.8 Å². The molecule has 0 unspecified atom stereocenters. The van der Waals surface area contributed by atoms with Gasteiger partial charge in [0, 0.05) is 38.3 Å². The Labute approximate surface area is 181 Å². The summed E-state index contributed by atoms with van der Waals surface area (Å²) in [5, 5.41) is 7.82. The van der Waals surface area contributed by atoms with Crippen LogP contribution in [0.2, 0.25) is 0 Å². The Morgan fingerprint density at radius 1 is 1.03 bits per heavy atom. The van der Waals surface area contributed by atoms with Crippen LogP contribution in [0.4, 0.5) is 0 Å². The van der Waals surface area contributed by atoms with Crippen molar-refractivity contribution in [3.8, 4) is 11.4 Å². The van der Waals surface area contributed by atoms with Crippen molar-refractivity contribution in [3.63, 3.8) is 0 Å². The Bertz CT molecular complexity index is 993. The molecular weight excluding hydrogens is 394 g/mol. The highest BCUT2D eigenvalue weighted by Crippen LogP contribution is 2.20. The number of amides is 1. The second-order valence-corrected chi connectivity index (χ2v) is 8.71. The molecule has 0 bridgehead atoms. The summed E-state index contributed by atoms with van der Waals surface area (Å²) in [4.78, 5) is 21.5. The molecule has 4 rings (SSSR count). The quantitative estimate of drug-likeness (QED) is 0.617. The Kier molecular flexibility index (Phi) is 6.50. The fourth-order valence-electron chi connectivity index (χ4n) is 3.59. The summed E-state index contributed by atoms with van der Waals surface area (Å²) in [5.74, 6) is 1.25. The molecule has 0 radical (unpaired) electrons. The number of piperazine rings is 1. The Morgan fingerprint density at radius 3 is 2.53 bits per heavy atom. The van der Waals surface area contributed by atoms with Crippen molar-refractivity contribution < 1.29 is 4.79 Å². The van der Waals surface area contributed by atoms with Crippen LogP contribution in [0.25, 0.3) is 11.4 Å². The van der Waals surface area contributed by atoms with Gasteiger partial charge in [0.05, 0.1) is 5.75 Å². The average Bonchev–Trinajstić information content (AvgIpc) is 3.22. The molecule has 156 valence electrons. The van der Waals surface area contributed by atoms with Crippen LogP contribution in [0.1, 0.15) is 16.7 Å². The first-order chi connectivity index (χ1) is 14.6. The lowest BCUT2D eigenvalue weighted by molar-refractivity contribution is -0.130. The average molecular weight is 422 g/mol. The number of hydrogen-bond acceptors (Lipinski definition) is 5. The molecule has 30 heavy (non-hydrogen) atoms. The number of carbonyl (C=O) groups is 1. The number of aryl methyl sites for hydroxylation is 2. The molecule has 1 saturated heterocycles. The van der Waals surface area contributed by atoms with Crippen LogP contribution < -0.4 is 0 Å². The highest BCUT2D eigenvalue weighted by Gasteiger charge is 2.21. The summed E-state index contributed by atoms with van der Waals surface area (Å²) >= 11 is 1.39. The highest BCUT2D eigenvalue weighted by atomic mass is 32.2. The van der Waals surface area contributed by atoms with Gasteiger partial charge in [-0.3, -0.25) is 14.8 Å². The minimum absolute atomic E-state index is 0.150. The van der Waals surface area contributed by atoms with E-state index in [1.165, 1.54) is 28.5 Å². The lowest BCUT2D eigenvalue weighted by Crippen LogP contribution is -2.48. The zero-order chi connectivity index (χ0) is 20.9. The van der Waals surface area contributed by atoms with E-state index in [4.69, 9.17) is 0 Å². The first-order valence-corrected chi connectivity index (χ1v) is 11.2. The largest absolute Gasteiger partial charge is 0.339 e. The summed E-state index contributed by atoms with van der Waals surface area (Å²) in [6.45, 7) is 8.47. The molecule has 1 amide bonds. The summed E-state index contributed by atoms with van der Waals surface area (Å²) in [5.41, 5.74) is 4.82. The SMILES string of the molecule is Cc1ccc(-c2nc(SCC(=O)N3CCN(Cc4cccc(C)c4)CC3)n[nH]2)cc1. The summed E-state index contributed by atoms with van der Waals surface area (Å²) in [6, 6.07) is 16.8. The van der Waals surface area contributed by atoms with Crippen LogP contribution >= 0.6 is 11.8 Å². The molecule has 1 fully saturated rings. The smallest absolute Gasteiger partial charge is 0.233 e. The summed E-state index contributed by atoms with van der Waals surface area (Å²) in [6.07, 6.45) is 0. The third-order valence-corrected chi connectivity index (χ3v) is 6.16. The molecule has 3 aromatic rings. The molecule has 2 heterocycles. The first-order valence-electron chi connectivity index (χ1n) is 10.2. The topological polar surface area (TPSA) is 65.1 Å².